The molecule has 0 spiro atoms. The van der Waals surface area contributed by atoms with Gasteiger partial charge in [0.15, 0.2) is 0 Å². The maximum Gasteiger partial charge on any atom is 0.129 e. The smallest absolute Gasteiger partial charge is 0.129 e. The molecule has 0 radical (unpaired) electrons. The van der Waals surface area contributed by atoms with Crippen LogP contribution in [0, 0.1) is 5.92 Å². The Morgan fingerprint density at radius 2 is 2.17 bits per heavy atom. The Balaban J connectivity index is 1.80. The standard InChI is InChI=1S/C14H20N2OS/c1-16(10-11-6-7-11)8-9-17-13-5-3-2-4-12(13)14(15)18/h2-5,11H,6-10H2,1H3,(H2,15,18). The monoisotopic (exact) mass is 264 g/mol. The van der Waals surface area contributed by atoms with Gasteiger partial charge in [-0.3, -0.25) is 0 Å². The number of hydrogen-bond acceptors (Lipinski definition) is 3. The van der Waals surface area contributed by atoms with Crippen LogP contribution in [-0.2, 0) is 0 Å². The molecule has 1 saturated carbocycles. The van der Waals surface area contributed by atoms with Crippen LogP contribution in [0.3, 0.4) is 0 Å². The number of nitrogens with zero attached hydrogens (tertiary/aromatic N) is 1. The number of likely N-dealkylation sites (N-methyl/N-ethyl adjacent to an activating group) is 1. The SMILES string of the molecule is CN(CCOc1ccccc1C(N)=S)CC1CC1. The van der Waals surface area contributed by atoms with Crippen molar-refractivity contribution in [2.24, 2.45) is 11.7 Å². The van der Waals surface area contributed by atoms with Gasteiger partial charge in [0, 0.05) is 13.1 Å². The average molecular weight is 264 g/mol. The van der Waals surface area contributed by atoms with E-state index in [9.17, 15) is 0 Å². The molecule has 1 aromatic rings. The number of nitrogens with two attached hydrogens (primary N) is 1. The van der Waals surface area contributed by atoms with Crippen LogP contribution in [0.5, 0.6) is 5.75 Å². The minimum Gasteiger partial charge on any atom is -0.492 e. The van der Waals surface area contributed by atoms with Crippen LogP contribution in [-0.4, -0.2) is 36.6 Å². The zero-order chi connectivity index (χ0) is 13.0. The van der Waals surface area contributed by atoms with Crippen molar-refractivity contribution in [2.75, 3.05) is 26.7 Å². The van der Waals surface area contributed by atoms with Gasteiger partial charge in [0.1, 0.15) is 17.3 Å². The summed E-state index contributed by atoms with van der Waals surface area (Å²) in [7, 11) is 2.14. The normalized spacial score (nSPS) is 14.8. The summed E-state index contributed by atoms with van der Waals surface area (Å²) in [5.74, 6) is 1.70. The molecule has 98 valence electrons. The number of thiocarbonyl (C=S) groups is 1. The maximum absolute atomic E-state index is 5.76. The van der Waals surface area contributed by atoms with Gasteiger partial charge in [-0.15, -0.1) is 0 Å². The Hall–Kier alpha value is -1.13. The molecule has 2 N–H and O–H groups in total. The first-order chi connectivity index (χ1) is 8.66. The maximum atomic E-state index is 5.76. The lowest BCUT2D eigenvalue weighted by atomic mass is 10.2. The lowest BCUT2D eigenvalue weighted by Crippen LogP contribution is -2.26. The van der Waals surface area contributed by atoms with Crippen LogP contribution in [0.15, 0.2) is 24.3 Å². The summed E-state index contributed by atoms with van der Waals surface area (Å²) < 4.78 is 5.76. The summed E-state index contributed by atoms with van der Waals surface area (Å²) in [4.78, 5) is 2.71. The van der Waals surface area contributed by atoms with Gasteiger partial charge in [-0.2, -0.15) is 0 Å². The molecule has 0 aliphatic heterocycles. The first kappa shape index (κ1) is 13.3. The van der Waals surface area contributed by atoms with E-state index in [2.05, 4.69) is 11.9 Å². The van der Waals surface area contributed by atoms with Gasteiger partial charge >= 0.3 is 0 Å². The second-order valence-corrected chi connectivity index (χ2v) is 5.35. The van der Waals surface area contributed by atoms with Crippen molar-refractivity contribution in [1.82, 2.24) is 4.90 Å². The van der Waals surface area contributed by atoms with Crippen LogP contribution in [0.1, 0.15) is 18.4 Å². The summed E-state index contributed by atoms with van der Waals surface area (Å²) in [6.45, 7) is 2.78. The number of rotatable bonds is 7. The van der Waals surface area contributed by atoms with Gasteiger partial charge in [-0.25, -0.2) is 0 Å². The van der Waals surface area contributed by atoms with Crippen molar-refractivity contribution in [3.8, 4) is 5.75 Å². The number of ether oxygens (including phenoxy) is 1. The molecule has 4 heteroatoms. The van der Waals surface area contributed by atoms with Gasteiger partial charge in [0.05, 0.1) is 5.56 Å². The molecule has 0 amide bonds. The molecule has 1 aliphatic carbocycles. The summed E-state index contributed by atoms with van der Waals surface area (Å²) in [6.07, 6.45) is 2.77. The van der Waals surface area contributed by atoms with E-state index in [4.69, 9.17) is 22.7 Å². The first-order valence-electron chi connectivity index (χ1n) is 6.37. The van der Waals surface area contributed by atoms with Crippen molar-refractivity contribution in [1.29, 1.82) is 0 Å². The van der Waals surface area contributed by atoms with Gasteiger partial charge < -0.3 is 15.4 Å². The summed E-state index contributed by atoms with van der Waals surface area (Å²) in [5.41, 5.74) is 6.48. The van der Waals surface area contributed by atoms with E-state index in [1.165, 1.54) is 19.4 Å². The molecule has 1 aliphatic rings. The van der Waals surface area contributed by atoms with Crippen LogP contribution < -0.4 is 10.5 Å². The fourth-order valence-corrected chi connectivity index (χ4v) is 2.11. The summed E-state index contributed by atoms with van der Waals surface area (Å²) in [6, 6.07) is 7.66. The van der Waals surface area contributed by atoms with E-state index in [0.29, 0.717) is 11.6 Å². The fourth-order valence-electron chi connectivity index (χ4n) is 1.94. The second kappa shape index (κ2) is 6.16. The van der Waals surface area contributed by atoms with E-state index >= 15 is 0 Å². The summed E-state index contributed by atoms with van der Waals surface area (Å²) >= 11 is 5.00. The molecule has 3 nitrogen and oxygen atoms in total. The van der Waals surface area contributed by atoms with E-state index in [1.807, 2.05) is 24.3 Å². The van der Waals surface area contributed by atoms with Crippen molar-refractivity contribution in [3.05, 3.63) is 29.8 Å². The predicted octanol–water partition coefficient (Wildman–Crippen LogP) is 2.04. The van der Waals surface area contributed by atoms with E-state index in [-0.39, 0.29) is 0 Å². The Morgan fingerprint density at radius 1 is 1.44 bits per heavy atom. The molecule has 0 aromatic heterocycles. The topological polar surface area (TPSA) is 38.5 Å². The van der Waals surface area contributed by atoms with Gasteiger partial charge in [-0.05, 0) is 37.9 Å². The molecule has 0 bridgehead atoms. The molecule has 0 atom stereocenters. The average Bonchev–Trinajstić information content (AvgIpc) is 3.13. The third-order valence-corrected chi connectivity index (χ3v) is 3.37. The quantitative estimate of drug-likeness (QED) is 0.765. The van der Waals surface area contributed by atoms with Gasteiger partial charge in [0.25, 0.3) is 0 Å². The highest BCUT2D eigenvalue weighted by molar-refractivity contribution is 7.80. The minimum absolute atomic E-state index is 0.386. The molecule has 0 heterocycles. The highest BCUT2D eigenvalue weighted by Crippen LogP contribution is 2.29. The zero-order valence-corrected chi connectivity index (χ0v) is 11.6. The van der Waals surface area contributed by atoms with Crippen molar-refractivity contribution in [3.63, 3.8) is 0 Å². The van der Waals surface area contributed by atoms with Crippen LogP contribution in [0.4, 0.5) is 0 Å². The van der Waals surface area contributed by atoms with Crippen LogP contribution >= 0.6 is 12.2 Å². The molecule has 2 rings (SSSR count). The molecule has 1 aromatic carbocycles. The van der Waals surface area contributed by atoms with Gasteiger partial charge in [0.2, 0.25) is 0 Å². The lowest BCUT2D eigenvalue weighted by molar-refractivity contribution is 0.232. The molecule has 0 saturated heterocycles. The van der Waals surface area contributed by atoms with Crippen molar-refractivity contribution >= 4 is 17.2 Å². The Bertz CT molecular complexity index is 418. The lowest BCUT2D eigenvalue weighted by Gasteiger charge is -2.17. The largest absolute Gasteiger partial charge is 0.492 e. The Labute approximate surface area is 114 Å². The van der Waals surface area contributed by atoms with E-state index in [0.717, 1.165) is 23.8 Å². The highest BCUT2D eigenvalue weighted by atomic mass is 32.1. The molecular weight excluding hydrogens is 244 g/mol. The Morgan fingerprint density at radius 3 is 2.83 bits per heavy atom. The third kappa shape index (κ3) is 3.96. The van der Waals surface area contributed by atoms with E-state index in [1.54, 1.807) is 0 Å². The van der Waals surface area contributed by atoms with E-state index < -0.39 is 0 Å². The number of para-hydroxylation sites is 1. The van der Waals surface area contributed by atoms with Crippen LogP contribution in [0.25, 0.3) is 0 Å². The van der Waals surface area contributed by atoms with Crippen molar-refractivity contribution < 1.29 is 4.74 Å². The third-order valence-electron chi connectivity index (χ3n) is 3.15. The van der Waals surface area contributed by atoms with Gasteiger partial charge in [-0.1, -0.05) is 24.4 Å². The molecule has 18 heavy (non-hydrogen) atoms. The predicted molar refractivity (Wildman–Crippen MR) is 78.0 cm³/mol. The molecule has 1 fully saturated rings. The molecular formula is C14H20N2OS. The number of hydrogen-bond donors (Lipinski definition) is 1. The zero-order valence-electron chi connectivity index (χ0n) is 10.8. The second-order valence-electron chi connectivity index (χ2n) is 4.91. The van der Waals surface area contributed by atoms with Crippen molar-refractivity contribution in [2.45, 2.75) is 12.8 Å². The fraction of sp³-hybridized carbons (Fsp3) is 0.500. The first-order valence-corrected chi connectivity index (χ1v) is 6.78. The Kier molecular flexibility index (Phi) is 4.55. The molecule has 0 unspecified atom stereocenters. The highest BCUT2D eigenvalue weighted by Gasteiger charge is 2.22. The van der Waals surface area contributed by atoms with Crippen LogP contribution in [0.2, 0.25) is 0 Å². The minimum atomic E-state index is 0.386. The summed E-state index contributed by atoms with van der Waals surface area (Å²) in [5, 5.41) is 0. The number of benzene rings is 1.